The minimum Gasteiger partial charge on any atom is -0.755 e. The topological polar surface area (TPSA) is 94.6 Å². The van der Waals surface area contributed by atoms with Crippen molar-refractivity contribution in [2.75, 3.05) is 24.6 Å². The standard InChI is InChI=1S/C20H18ClF4N3O4S/c21-15-6-26-18(4-14(15)20(23,24)25)28-7-10(8-28)9-32-17-5-16(22)13(19(29)27-33(30)31)3-12(17)11-1-2-11/h3-6,10-11H,1-2,7-9H2,(H,27,29)(H,30,31)/p-1. The normalized spacial score (nSPS) is 17.5. The third kappa shape index (κ3) is 5.39. The quantitative estimate of drug-likeness (QED) is 0.453. The Morgan fingerprint density at radius 3 is 2.61 bits per heavy atom. The van der Waals surface area contributed by atoms with Gasteiger partial charge in [-0.1, -0.05) is 11.6 Å². The number of aromatic nitrogens is 1. The Balaban J connectivity index is 1.40. The zero-order valence-corrected chi connectivity index (χ0v) is 18.4. The molecule has 1 saturated carbocycles. The maximum Gasteiger partial charge on any atom is 0.418 e. The Morgan fingerprint density at radius 1 is 1.30 bits per heavy atom. The lowest BCUT2D eigenvalue weighted by Crippen LogP contribution is -2.49. The van der Waals surface area contributed by atoms with Gasteiger partial charge in [0.2, 0.25) is 0 Å². The van der Waals surface area contributed by atoms with Gasteiger partial charge in [-0.05, 0) is 36.5 Å². The van der Waals surface area contributed by atoms with Crippen LogP contribution in [-0.4, -0.2) is 39.3 Å². The molecule has 2 aliphatic rings. The number of ether oxygens (including phenoxy) is 1. The summed E-state index contributed by atoms with van der Waals surface area (Å²) in [7, 11) is 0. The van der Waals surface area contributed by atoms with E-state index in [9.17, 15) is 31.1 Å². The third-order valence-electron chi connectivity index (χ3n) is 5.44. The molecule has 1 aromatic carbocycles. The lowest BCUT2D eigenvalue weighted by Gasteiger charge is -2.40. The summed E-state index contributed by atoms with van der Waals surface area (Å²) in [6.45, 7) is 0.970. The van der Waals surface area contributed by atoms with Gasteiger partial charge in [0.05, 0.1) is 22.8 Å². The maximum absolute atomic E-state index is 14.4. The van der Waals surface area contributed by atoms with E-state index in [-0.39, 0.29) is 30.0 Å². The Bertz CT molecular complexity index is 1110. The zero-order chi connectivity index (χ0) is 23.9. The van der Waals surface area contributed by atoms with Gasteiger partial charge in [-0.3, -0.25) is 13.7 Å². The summed E-state index contributed by atoms with van der Waals surface area (Å²) >= 11 is 2.73. The molecule has 13 heteroatoms. The number of benzene rings is 1. The second-order valence-corrected chi connectivity index (χ2v) is 8.99. The molecule has 4 rings (SSSR count). The molecule has 0 radical (unpaired) electrons. The molecule has 1 amide bonds. The lowest BCUT2D eigenvalue weighted by molar-refractivity contribution is -0.137. The molecule has 0 spiro atoms. The van der Waals surface area contributed by atoms with E-state index in [2.05, 4.69) is 4.98 Å². The molecule has 1 aliphatic carbocycles. The van der Waals surface area contributed by atoms with Crippen LogP contribution in [0.25, 0.3) is 0 Å². The van der Waals surface area contributed by atoms with Crippen LogP contribution in [0.5, 0.6) is 5.75 Å². The second-order valence-electron chi connectivity index (χ2n) is 7.91. The van der Waals surface area contributed by atoms with Gasteiger partial charge < -0.3 is 14.2 Å². The molecule has 1 aromatic heterocycles. The van der Waals surface area contributed by atoms with Gasteiger partial charge in [0.1, 0.15) is 17.4 Å². The molecule has 7 nitrogen and oxygen atoms in total. The SMILES string of the molecule is O=C(NS(=O)[O-])c1cc(C2CC2)c(OCC2CN(c3cc(C(F)(F)F)c(Cl)cn3)C2)cc1F. The fraction of sp³-hybridized carbons (Fsp3) is 0.400. The highest BCUT2D eigenvalue weighted by Crippen LogP contribution is 2.45. The van der Waals surface area contributed by atoms with Crippen molar-refractivity contribution in [2.24, 2.45) is 5.92 Å². The number of amides is 1. The van der Waals surface area contributed by atoms with E-state index in [1.807, 2.05) is 0 Å². The predicted molar refractivity (Wildman–Crippen MR) is 110 cm³/mol. The van der Waals surface area contributed by atoms with Gasteiger partial charge in [0.15, 0.2) is 0 Å². The Kier molecular flexibility index (Phi) is 6.52. The van der Waals surface area contributed by atoms with Gasteiger partial charge in [0.25, 0.3) is 5.91 Å². The van der Waals surface area contributed by atoms with E-state index in [4.69, 9.17) is 16.3 Å². The maximum atomic E-state index is 14.4. The van der Waals surface area contributed by atoms with Crippen LogP contribution in [-0.2, 0) is 17.4 Å². The van der Waals surface area contributed by atoms with Crippen molar-refractivity contribution >= 4 is 34.6 Å². The van der Waals surface area contributed by atoms with Crippen molar-refractivity contribution < 1.29 is 35.9 Å². The molecule has 0 bridgehead atoms. The summed E-state index contributed by atoms with van der Waals surface area (Å²) in [4.78, 5) is 17.5. The summed E-state index contributed by atoms with van der Waals surface area (Å²) in [5.74, 6) is -1.52. The van der Waals surface area contributed by atoms with Crippen LogP contribution >= 0.6 is 11.6 Å². The van der Waals surface area contributed by atoms with Crippen LogP contribution < -0.4 is 14.4 Å². The summed E-state index contributed by atoms with van der Waals surface area (Å²) < 4.78 is 82.3. The van der Waals surface area contributed by atoms with E-state index in [1.165, 1.54) is 6.07 Å². The highest BCUT2D eigenvalue weighted by atomic mass is 35.5. The van der Waals surface area contributed by atoms with Crippen LogP contribution in [0.2, 0.25) is 5.02 Å². The van der Waals surface area contributed by atoms with E-state index in [1.54, 1.807) is 9.62 Å². The molecule has 1 saturated heterocycles. The first-order valence-electron chi connectivity index (χ1n) is 9.87. The van der Waals surface area contributed by atoms with Crippen LogP contribution in [0.4, 0.5) is 23.4 Å². The number of anilines is 1. The van der Waals surface area contributed by atoms with Gasteiger partial charge >= 0.3 is 6.18 Å². The largest absolute Gasteiger partial charge is 0.755 e. The van der Waals surface area contributed by atoms with Crippen molar-refractivity contribution in [1.82, 2.24) is 9.71 Å². The Morgan fingerprint density at radius 2 is 2.00 bits per heavy atom. The van der Waals surface area contributed by atoms with Crippen molar-refractivity contribution in [2.45, 2.75) is 24.9 Å². The van der Waals surface area contributed by atoms with Crippen LogP contribution in [0.15, 0.2) is 24.4 Å². The van der Waals surface area contributed by atoms with E-state index < -0.39 is 45.3 Å². The summed E-state index contributed by atoms with van der Waals surface area (Å²) in [6, 6.07) is 3.26. The Labute approximate surface area is 193 Å². The minimum atomic E-state index is -4.59. The van der Waals surface area contributed by atoms with Crippen LogP contribution in [0, 0.1) is 11.7 Å². The van der Waals surface area contributed by atoms with Crippen molar-refractivity contribution in [3.63, 3.8) is 0 Å². The van der Waals surface area contributed by atoms with Gasteiger partial charge in [-0.15, -0.1) is 0 Å². The summed E-state index contributed by atoms with van der Waals surface area (Å²) in [5, 5.41) is -0.472. The minimum absolute atomic E-state index is 0.0298. The number of pyridine rings is 1. The molecule has 1 N–H and O–H groups in total. The number of nitrogens with zero attached hydrogens (tertiary/aromatic N) is 2. The third-order valence-corrected chi connectivity index (χ3v) is 6.09. The van der Waals surface area contributed by atoms with Gasteiger partial charge in [-0.2, -0.15) is 13.2 Å². The number of halogens is 5. The van der Waals surface area contributed by atoms with Gasteiger partial charge in [0, 0.05) is 42.5 Å². The average Bonchev–Trinajstić information content (AvgIpc) is 3.51. The first-order chi connectivity index (χ1) is 15.5. The number of carbonyl (C=O) groups is 1. The average molecular weight is 507 g/mol. The number of hydrogen-bond acceptors (Lipinski definition) is 6. The molecule has 1 aliphatic heterocycles. The van der Waals surface area contributed by atoms with E-state index >= 15 is 0 Å². The molecule has 2 fully saturated rings. The van der Waals surface area contributed by atoms with Crippen molar-refractivity contribution in [3.8, 4) is 5.75 Å². The summed E-state index contributed by atoms with van der Waals surface area (Å²) in [6.07, 6.45) is -1.96. The van der Waals surface area contributed by atoms with Crippen molar-refractivity contribution in [3.05, 3.63) is 51.9 Å². The van der Waals surface area contributed by atoms with E-state index in [0.29, 0.717) is 18.7 Å². The highest BCUT2D eigenvalue weighted by Gasteiger charge is 2.36. The number of carbonyl (C=O) groups excluding carboxylic acids is 1. The summed E-state index contributed by atoms with van der Waals surface area (Å²) in [5.41, 5.74) is -0.732. The predicted octanol–water partition coefficient (Wildman–Crippen LogP) is 3.81. The fourth-order valence-corrected chi connectivity index (χ4v) is 4.07. The monoisotopic (exact) mass is 506 g/mol. The number of rotatable bonds is 7. The molecule has 1 unspecified atom stereocenters. The highest BCUT2D eigenvalue weighted by molar-refractivity contribution is 7.77. The number of nitrogens with one attached hydrogen (secondary N) is 1. The van der Waals surface area contributed by atoms with Crippen LogP contribution in [0.3, 0.4) is 0 Å². The first kappa shape index (κ1) is 23.7. The molecule has 178 valence electrons. The second kappa shape index (κ2) is 9.07. The zero-order valence-electron chi connectivity index (χ0n) is 16.8. The Hall–Kier alpha value is -2.44. The fourth-order valence-electron chi connectivity index (χ4n) is 3.60. The van der Waals surface area contributed by atoms with E-state index in [0.717, 1.165) is 31.2 Å². The molecule has 33 heavy (non-hydrogen) atoms. The van der Waals surface area contributed by atoms with Crippen molar-refractivity contribution in [1.29, 1.82) is 0 Å². The number of hydrogen-bond donors (Lipinski definition) is 1. The molecule has 2 heterocycles. The first-order valence-corrected chi connectivity index (χ1v) is 11.3. The molecular weight excluding hydrogens is 490 g/mol. The smallest absolute Gasteiger partial charge is 0.418 e. The number of alkyl halides is 3. The molecule has 1 atom stereocenters. The van der Waals surface area contributed by atoms with Gasteiger partial charge in [-0.25, -0.2) is 9.37 Å². The molecular formula is C20H17ClF4N3O4S-. The lowest BCUT2D eigenvalue weighted by atomic mass is 10.0. The van der Waals surface area contributed by atoms with Crippen LogP contribution in [0.1, 0.15) is 40.2 Å². The molecule has 2 aromatic rings.